The first-order valence-electron chi connectivity index (χ1n) is 7.88. The summed E-state index contributed by atoms with van der Waals surface area (Å²) in [6.07, 6.45) is 0.656. The van der Waals surface area contributed by atoms with E-state index in [1.54, 1.807) is 11.3 Å². The van der Waals surface area contributed by atoms with Gasteiger partial charge in [-0.05, 0) is 23.9 Å². The summed E-state index contributed by atoms with van der Waals surface area (Å²) in [6, 6.07) is 5.92. The van der Waals surface area contributed by atoms with Crippen molar-refractivity contribution in [3.8, 4) is 5.75 Å². The van der Waals surface area contributed by atoms with Gasteiger partial charge in [0.25, 0.3) is 5.91 Å². The van der Waals surface area contributed by atoms with Gasteiger partial charge in [-0.2, -0.15) is 0 Å². The topological polar surface area (TPSA) is 93.7 Å². The van der Waals surface area contributed by atoms with Gasteiger partial charge in [0, 0.05) is 17.5 Å². The minimum Gasteiger partial charge on any atom is -0.480 e. The number of urea groups is 1. The predicted octanol–water partition coefficient (Wildman–Crippen LogP) is 3.70. The minimum atomic E-state index is -0.824. The third kappa shape index (κ3) is 7.55. The van der Waals surface area contributed by atoms with E-state index in [1.165, 1.54) is 12.1 Å². The van der Waals surface area contributed by atoms with Crippen molar-refractivity contribution in [2.45, 2.75) is 6.42 Å². The molecule has 0 saturated heterocycles. The first-order valence-corrected chi connectivity index (χ1v) is 9.89. The third-order valence-corrected chi connectivity index (χ3v) is 5.13. The lowest BCUT2D eigenvalue weighted by Crippen LogP contribution is -2.42. The number of rotatable bonds is 8. The smallest absolute Gasteiger partial charge is 0.344 e. The Bertz CT molecular complexity index is 846. The number of halogens is 3. The monoisotopic (exact) mass is 464 g/mol. The highest BCUT2D eigenvalue weighted by Gasteiger charge is 2.13. The zero-order valence-corrected chi connectivity index (χ0v) is 17.4. The first-order chi connectivity index (χ1) is 13.3. The molecule has 11 heteroatoms. The fraction of sp³-hybridized carbons (Fsp3) is 0.235. The van der Waals surface area contributed by atoms with E-state index in [2.05, 4.69) is 10.6 Å². The second kappa shape index (κ2) is 11.1. The van der Waals surface area contributed by atoms with Crippen LogP contribution in [0.5, 0.6) is 5.75 Å². The van der Waals surface area contributed by atoms with Crippen LogP contribution < -0.4 is 15.4 Å². The molecule has 0 aliphatic rings. The van der Waals surface area contributed by atoms with Crippen molar-refractivity contribution in [3.05, 3.63) is 49.6 Å². The summed E-state index contributed by atoms with van der Waals surface area (Å²) in [4.78, 5) is 36.0. The molecule has 1 aromatic heterocycles. The Morgan fingerprint density at radius 1 is 1.04 bits per heavy atom. The fourth-order valence-electron chi connectivity index (χ4n) is 1.90. The third-order valence-electron chi connectivity index (χ3n) is 3.17. The molecule has 7 nitrogen and oxygen atoms in total. The predicted molar refractivity (Wildman–Crippen MR) is 107 cm³/mol. The number of carbonyl (C=O) groups is 3. The fourth-order valence-corrected chi connectivity index (χ4v) is 3.20. The molecule has 0 unspecified atom stereocenters. The molecule has 0 atom stereocenters. The number of imide groups is 1. The minimum absolute atomic E-state index is 0.141. The van der Waals surface area contributed by atoms with Crippen LogP contribution in [0, 0.1) is 0 Å². The van der Waals surface area contributed by atoms with E-state index in [-0.39, 0.29) is 20.8 Å². The van der Waals surface area contributed by atoms with Gasteiger partial charge in [-0.1, -0.05) is 40.9 Å². The summed E-state index contributed by atoms with van der Waals surface area (Å²) < 4.78 is 9.90. The van der Waals surface area contributed by atoms with Crippen molar-refractivity contribution in [1.29, 1.82) is 0 Å². The largest absolute Gasteiger partial charge is 0.480 e. The lowest BCUT2D eigenvalue weighted by Gasteiger charge is -2.10. The average molecular weight is 466 g/mol. The van der Waals surface area contributed by atoms with Crippen LogP contribution in [0.2, 0.25) is 15.1 Å². The number of esters is 1. The normalized spacial score (nSPS) is 10.2. The van der Waals surface area contributed by atoms with E-state index < -0.39 is 31.1 Å². The van der Waals surface area contributed by atoms with Gasteiger partial charge in [0.05, 0.1) is 15.1 Å². The van der Waals surface area contributed by atoms with Crippen LogP contribution in [0.25, 0.3) is 0 Å². The number of carbonyl (C=O) groups excluding carboxylic acids is 3. The Hall–Kier alpha value is -2.00. The quantitative estimate of drug-likeness (QED) is 0.458. The maximum atomic E-state index is 11.6. The van der Waals surface area contributed by atoms with Gasteiger partial charge in [-0.15, -0.1) is 11.3 Å². The van der Waals surface area contributed by atoms with E-state index >= 15 is 0 Å². The summed E-state index contributed by atoms with van der Waals surface area (Å²) in [5.41, 5.74) is 0. The zero-order valence-electron chi connectivity index (χ0n) is 14.3. The lowest BCUT2D eigenvalue weighted by molar-refractivity contribution is -0.150. The molecule has 150 valence electrons. The molecule has 0 aliphatic heterocycles. The molecule has 0 radical (unpaired) electrons. The van der Waals surface area contributed by atoms with Crippen molar-refractivity contribution in [2.24, 2.45) is 0 Å². The second-order valence-corrected chi connectivity index (χ2v) is 7.53. The first kappa shape index (κ1) is 22.3. The van der Waals surface area contributed by atoms with Crippen molar-refractivity contribution in [2.75, 3.05) is 19.8 Å². The molecule has 0 aliphatic carbocycles. The number of ether oxygens (including phenoxy) is 2. The molecule has 1 aromatic carbocycles. The molecule has 0 saturated carbocycles. The molecule has 0 spiro atoms. The van der Waals surface area contributed by atoms with Crippen molar-refractivity contribution in [3.63, 3.8) is 0 Å². The lowest BCUT2D eigenvalue weighted by atomic mass is 10.3. The Labute approximate surface area is 179 Å². The molecule has 0 fully saturated rings. The van der Waals surface area contributed by atoms with Gasteiger partial charge < -0.3 is 14.8 Å². The molecule has 3 amide bonds. The summed E-state index contributed by atoms with van der Waals surface area (Å²) >= 11 is 19.1. The molecule has 2 aromatic rings. The van der Waals surface area contributed by atoms with Gasteiger partial charge in [0.2, 0.25) is 0 Å². The van der Waals surface area contributed by atoms with E-state index in [9.17, 15) is 14.4 Å². The Morgan fingerprint density at radius 2 is 1.79 bits per heavy atom. The number of hydrogen-bond acceptors (Lipinski definition) is 6. The molecular formula is C17H15Cl3N2O5S. The van der Waals surface area contributed by atoms with Crippen LogP contribution in [0.1, 0.15) is 4.88 Å². The van der Waals surface area contributed by atoms with Crippen LogP contribution in [0.4, 0.5) is 4.79 Å². The van der Waals surface area contributed by atoms with Crippen LogP contribution in [0.15, 0.2) is 29.6 Å². The van der Waals surface area contributed by atoms with Crippen molar-refractivity contribution < 1.29 is 23.9 Å². The van der Waals surface area contributed by atoms with Gasteiger partial charge in [-0.25, -0.2) is 9.59 Å². The second-order valence-electron chi connectivity index (χ2n) is 5.28. The Kier molecular flexibility index (Phi) is 8.85. The Morgan fingerprint density at radius 3 is 2.50 bits per heavy atom. The average Bonchev–Trinajstić information content (AvgIpc) is 3.15. The molecule has 1 heterocycles. The highest BCUT2D eigenvalue weighted by Crippen LogP contribution is 2.33. The Balaban J connectivity index is 1.64. The van der Waals surface area contributed by atoms with Gasteiger partial charge in [-0.3, -0.25) is 10.1 Å². The van der Waals surface area contributed by atoms with Gasteiger partial charge in [0.15, 0.2) is 13.2 Å². The van der Waals surface area contributed by atoms with Crippen molar-refractivity contribution >= 4 is 64.0 Å². The van der Waals surface area contributed by atoms with Crippen molar-refractivity contribution in [1.82, 2.24) is 10.6 Å². The maximum absolute atomic E-state index is 11.6. The summed E-state index contributed by atoms with van der Waals surface area (Å²) in [5, 5.41) is 7.14. The van der Waals surface area contributed by atoms with Gasteiger partial charge in [0.1, 0.15) is 5.75 Å². The standard InChI is InChI=1S/C17H15Cl3N2O5S/c18-11-6-13(20)14(7-12(11)19)26-9-16(24)27-8-15(23)22-17(25)21-4-3-10-2-1-5-28-10/h1-2,5-7H,3-4,8-9H2,(H2,21,22,23,25). The summed E-state index contributed by atoms with van der Waals surface area (Å²) in [5.74, 6) is -1.45. The molecule has 0 bridgehead atoms. The zero-order chi connectivity index (χ0) is 20.5. The molecule has 2 N–H and O–H groups in total. The molecule has 2 rings (SSSR count). The molecular weight excluding hydrogens is 451 g/mol. The highest BCUT2D eigenvalue weighted by atomic mass is 35.5. The van der Waals surface area contributed by atoms with Crippen LogP contribution in [0.3, 0.4) is 0 Å². The number of nitrogens with one attached hydrogen (secondary N) is 2. The SMILES string of the molecule is O=C(COC(=O)COc1cc(Cl)c(Cl)cc1Cl)NC(=O)NCCc1cccs1. The number of benzene rings is 1. The van der Waals surface area contributed by atoms with Gasteiger partial charge >= 0.3 is 12.0 Å². The van der Waals surface area contributed by atoms with E-state index in [4.69, 9.17) is 44.3 Å². The van der Waals surface area contributed by atoms with E-state index in [1.807, 2.05) is 17.5 Å². The number of thiophene rings is 1. The molecule has 28 heavy (non-hydrogen) atoms. The highest BCUT2D eigenvalue weighted by molar-refractivity contribution is 7.09. The number of hydrogen-bond donors (Lipinski definition) is 2. The summed E-state index contributed by atoms with van der Waals surface area (Å²) in [6.45, 7) is -0.759. The van der Waals surface area contributed by atoms with Crippen LogP contribution in [-0.4, -0.2) is 37.7 Å². The van der Waals surface area contributed by atoms with E-state index in [0.29, 0.717) is 13.0 Å². The maximum Gasteiger partial charge on any atom is 0.344 e. The number of amides is 3. The summed E-state index contributed by atoms with van der Waals surface area (Å²) in [7, 11) is 0. The van der Waals surface area contributed by atoms with E-state index in [0.717, 1.165) is 4.88 Å². The van der Waals surface area contributed by atoms with Crippen LogP contribution in [-0.2, 0) is 20.7 Å². The van der Waals surface area contributed by atoms with Crippen LogP contribution >= 0.6 is 46.1 Å².